The molecule has 2 heterocycles. The smallest absolute Gasteiger partial charge is 0.162 e. The standard InChI is InChI=1S/C14H21N5/c1-5-6-12-16-13(15)10(4)14(17-12)19-8-7-11(18-19)9(2)3/h7-9H,5-6H2,1-4H3,(H2,15,16,17). The molecule has 5 nitrogen and oxygen atoms in total. The molecule has 19 heavy (non-hydrogen) atoms. The van der Waals surface area contributed by atoms with E-state index < -0.39 is 0 Å². The molecule has 2 N–H and O–H groups in total. The lowest BCUT2D eigenvalue weighted by Gasteiger charge is -2.09. The minimum absolute atomic E-state index is 0.399. The first kappa shape index (κ1) is 13.5. The summed E-state index contributed by atoms with van der Waals surface area (Å²) in [6, 6.07) is 2.02. The van der Waals surface area contributed by atoms with E-state index in [-0.39, 0.29) is 0 Å². The van der Waals surface area contributed by atoms with Crippen molar-refractivity contribution in [2.75, 3.05) is 5.73 Å². The monoisotopic (exact) mass is 259 g/mol. The van der Waals surface area contributed by atoms with Crippen LogP contribution in [0.5, 0.6) is 0 Å². The molecular formula is C14H21N5. The summed E-state index contributed by atoms with van der Waals surface area (Å²) >= 11 is 0. The van der Waals surface area contributed by atoms with E-state index >= 15 is 0 Å². The number of nitrogen functional groups attached to an aromatic ring is 1. The molecule has 2 aromatic rings. The number of nitrogens with zero attached hydrogens (tertiary/aromatic N) is 4. The molecule has 0 saturated heterocycles. The lowest BCUT2D eigenvalue weighted by Crippen LogP contribution is -2.10. The SMILES string of the molecule is CCCc1nc(N)c(C)c(-n2ccc(C(C)C)n2)n1. The Bertz CT molecular complexity index is 571. The van der Waals surface area contributed by atoms with E-state index in [0.717, 1.165) is 35.7 Å². The molecule has 0 atom stereocenters. The Morgan fingerprint density at radius 1 is 1.32 bits per heavy atom. The second-order valence-corrected chi connectivity index (χ2v) is 5.06. The van der Waals surface area contributed by atoms with E-state index in [9.17, 15) is 0 Å². The van der Waals surface area contributed by atoms with E-state index in [1.807, 2.05) is 19.2 Å². The minimum atomic E-state index is 0.399. The summed E-state index contributed by atoms with van der Waals surface area (Å²) in [4.78, 5) is 8.89. The molecule has 0 amide bonds. The van der Waals surface area contributed by atoms with Crippen LogP contribution in [0.1, 0.15) is 50.2 Å². The van der Waals surface area contributed by atoms with Crippen LogP contribution in [0.25, 0.3) is 5.82 Å². The van der Waals surface area contributed by atoms with Gasteiger partial charge in [-0.3, -0.25) is 0 Å². The lowest BCUT2D eigenvalue weighted by molar-refractivity contribution is 0.739. The molecule has 0 aliphatic heterocycles. The first-order chi connectivity index (χ1) is 9.02. The van der Waals surface area contributed by atoms with Crippen LogP contribution in [0.15, 0.2) is 12.3 Å². The maximum Gasteiger partial charge on any atom is 0.162 e. The summed E-state index contributed by atoms with van der Waals surface area (Å²) in [7, 11) is 0. The normalized spacial score (nSPS) is 11.2. The molecular weight excluding hydrogens is 238 g/mol. The van der Waals surface area contributed by atoms with Crippen LogP contribution in [-0.4, -0.2) is 19.7 Å². The fourth-order valence-electron chi connectivity index (χ4n) is 1.89. The summed E-state index contributed by atoms with van der Waals surface area (Å²) in [5, 5.41) is 4.55. The highest BCUT2D eigenvalue weighted by molar-refractivity contribution is 5.48. The van der Waals surface area contributed by atoms with Gasteiger partial charge in [0.2, 0.25) is 0 Å². The quantitative estimate of drug-likeness (QED) is 0.916. The molecule has 0 unspecified atom stereocenters. The van der Waals surface area contributed by atoms with Crippen molar-refractivity contribution in [3.63, 3.8) is 0 Å². The van der Waals surface area contributed by atoms with Crippen molar-refractivity contribution >= 4 is 5.82 Å². The van der Waals surface area contributed by atoms with Gasteiger partial charge in [0.25, 0.3) is 0 Å². The van der Waals surface area contributed by atoms with Gasteiger partial charge in [-0.15, -0.1) is 0 Å². The topological polar surface area (TPSA) is 69.6 Å². The van der Waals surface area contributed by atoms with E-state index in [4.69, 9.17) is 5.73 Å². The summed E-state index contributed by atoms with van der Waals surface area (Å²) in [5.41, 5.74) is 7.89. The maximum absolute atomic E-state index is 5.96. The highest BCUT2D eigenvalue weighted by atomic mass is 15.3. The van der Waals surface area contributed by atoms with Crippen LogP contribution in [-0.2, 0) is 6.42 Å². The first-order valence-corrected chi connectivity index (χ1v) is 6.71. The van der Waals surface area contributed by atoms with Gasteiger partial charge in [-0.2, -0.15) is 5.10 Å². The third-order valence-corrected chi connectivity index (χ3v) is 3.10. The summed E-state index contributed by atoms with van der Waals surface area (Å²) in [6.07, 6.45) is 3.76. The zero-order valence-corrected chi connectivity index (χ0v) is 12.0. The number of nitrogens with two attached hydrogens (primary N) is 1. The minimum Gasteiger partial charge on any atom is -0.383 e. The van der Waals surface area contributed by atoms with Crippen LogP contribution < -0.4 is 5.73 Å². The highest BCUT2D eigenvalue weighted by Crippen LogP contribution is 2.19. The van der Waals surface area contributed by atoms with Crippen molar-refractivity contribution in [1.29, 1.82) is 0 Å². The Hall–Kier alpha value is -1.91. The van der Waals surface area contributed by atoms with E-state index in [2.05, 4.69) is 35.8 Å². The molecule has 2 aromatic heterocycles. The van der Waals surface area contributed by atoms with Crippen LogP contribution in [0.2, 0.25) is 0 Å². The number of aromatic nitrogens is 4. The number of hydrogen-bond acceptors (Lipinski definition) is 4. The molecule has 0 bridgehead atoms. The average Bonchev–Trinajstić information content (AvgIpc) is 2.83. The van der Waals surface area contributed by atoms with E-state index in [1.165, 1.54) is 0 Å². The van der Waals surface area contributed by atoms with Gasteiger partial charge in [0.1, 0.15) is 11.6 Å². The number of rotatable bonds is 4. The Kier molecular flexibility index (Phi) is 3.83. The van der Waals surface area contributed by atoms with Crippen molar-refractivity contribution in [3.05, 3.63) is 29.3 Å². The van der Waals surface area contributed by atoms with Gasteiger partial charge in [0, 0.05) is 18.2 Å². The number of hydrogen-bond donors (Lipinski definition) is 1. The summed E-state index contributed by atoms with van der Waals surface area (Å²) < 4.78 is 1.79. The third-order valence-electron chi connectivity index (χ3n) is 3.10. The molecule has 2 rings (SSSR count). The average molecular weight is 259 g/mol. The van der Waals surface area contributed by atoms with Crippen LogP contribution in [0.3, 0.4) is 0 Å². The zero-order chi connectivity index (χ0) is 14.0. The van der Waals surface area contributed by atoms with Crippen molar-refractivity contribution in [2.45, 2.75) is 46.5 Å². The van der Waals surface area contributed by atoms with Crippen LogP contribution in [0.4, 0.5) is 5.82 Å². The number of aryl methyl sites for hydroxylation is 1. The second-order valence-electron chi connectivity index (χ2n) is 5.06. The van der Waals surface area contributed by atoms with Crippen molar-refractivity contribution in [1.82, 2.24) is 19.7 Å². The van der Waals surface area contributed by atoms with Gasteiger partial charge >= 0.3 is 0 Å². The third kappa shape index (κ3) is 2.75. The van der Waals surface area contributed by atoms with Gasteiger partial charge < -0.3 is 5.73 Å². The van der Waals surface area contributed by atoms with E-state index in [1.54, 1.807) is 4.68 Å². The molecule has 0 radical (unpaired) electrons. The summed E-state index contributed by atoms with van der Waals surface area (Å²) in [5.74, 6) is 2.50. The van der Waals surface area contributed by atoms with Gasteiger partial charge in [-0.25, -0.2) is 14.6 Å². The van der Waals surface area contributed by atoms with Crippen molar-refractivity contribution < 1.29 is 0 Å². The molecule has 0 fully saturated rings. The van der Waals surface area contributed by atoms with Gasteiger partial charge in [0.15, 0.2) is 5.82 Å². The fraction of sp³-hybridized carbons (Fsp3) is 0.500. The van der Waals surface area contributed by atoms with E-state index in [0.29, 0.717) is 11.7 Å². The fourth-order valence-corrected chi connectivity index (χ4v) is 1.89. The molecule has 5 heteroatoms. The van der Waals surface area contributed by atoms with Crippen LogP contribution >= 0.6 is 0 Å². The van der Waals surface area contributed by atoms with Gasteiger partial charge in [-0.1, -0.05) is 20.8 Å². The molecule has 102 valence electrons. The Morgan fingerprint density at radius 2 is 2.05 bits per heavy atom. The largest absolute Gasteiger partial charge is 0.383 e. The Morgan fingerprint density at radius 3 is 2.63 bits per heavy atom. The number of anilines is 1. The van der Waals surface area contributed by atoms with Crippen molar-refractivity contribution in [3.8, 4) is 5.82 Å². The molecule has 0 aliphatic rings. The molecule has 0 aromatic carbocycles. The predicted octanol–water partition coefficient (Wildman–Crippen LogP) is 2.63. The Labute approximate surface area is 113 Å². The van der Waals surface area contributed by atoms with Gasteiger partial charge in [-0.05, 0) is 25.3 Å². The van der Waals surface area contributed by atoms with Gasteiger partial charge in [0.05, 0.1) is 5.69 Å². The Balaban J connectivity index is 2.47. The predicted molar refractivity (Wildman–Crippen MR) is 76.4 cm³/mol. The maximum atomic E-state index is 5.96. The summed E-state index contributed by atoms with van der Waals surface area (Å²) in [6.45, 7) is 8.27. The second kappa shape index (κ2) is 5.38. The molecule has 0 spiro atoms. The van der Waals surface area contributed by atoms with Crippen LogP contribution in [0, 0.1) is 6.92 Å². The molecule has 0 aliphatic carbocycles. The highest BCUT2D eigenvalue weighted by Gasteiger charge is 2.12. The zero-order valence-electron chi connectivity index (χ0n) is 12.0. The molecule has 0 saturated carbocycles. The lowest BCUT2D eigenvalue weighted by atomic mass is 10.1. The van der Waals surface area contributed by atoms with Crippen molar-refractivity contribution in [2.24, 2.45) is 0 Å². The first-order valence-electron chi connectivity index (χ1n) is 6.71.